The summed E-state index contributed by atoms with van der Waals surface area (Å²) in [5.74, 6) is 0.454. The number of nitrogens with zero attached hydrogens (tertiary/aromatic N) is 2. The highest BCUT2D eigenvalue weighted by Crippen LogP contribution is 2.18. The molecular weight excluding hydrogens is 240 g/mol. The Kier molecular flexibility index (Phi) is 4.37. The predicted molar refractivity (Wildman–Crippen MR) is 76.3 cm³/mol. The maximum Gasteiger partial charge on any atom is 0.253 e. The Bertz CT molecular complexity index is 449. The van der Waals surface area contributed by atoms with Gasteiger partial charge in [0.15, 0.2) is 0 Å². The lowest BCUT2D eigenvalue weighted by molar-refractivity contribution is 0.0884. The molecule has 1 saturated heterocycles. The molecule has 1 aliphatic rings. The molecule has 19 heavy (non-hydrogen) atoms. The number of hydrogen-bond donors (Lipinski definition) is 2. The minimum absolute atomic E-state index is 0.0202. The van der Waals surface area contributed by atoms with Gasteiger partial charge in [0.1, 0.15) is 0 Å². The topological polar surface area (TPSA) is 57.3 Å². The van der Waals surface area contributed by atoms with Crippen molar-refractivity contribution in [3.8, 4) is 0 Å². The minimum Gasteiger partial charge on any atom is -0.386 e. The van der Waals surface area contributed by atoms with Crippen LogP contribution >= 0.6 is 0 Å². The summed E-state index contributed by atoms with van der Waals surface area (Å²) in [6.45, 7) is 4.25. The van der Waals surface area contributed by atoms with Crippen molar-refractivity contribution in [1.29, 1.82) is 0 Å². The molecule has 0 bridgehead atoms. The Morgan fingerprint density at radius 3 is 3.00 bits per heavy atom. The van der Waals surface area contributed by atoms with Crippen LogP contribution in [0.3, 0.4) is 0 Å². The molecule has 2 rings (SSSR count). The van der Waals surface area contributed by atoms with Crippen LogP contribution in [0.15, 0.2) is 18.5 Å². The van der Waals surface area contributed by atoms with E-state index in [0.717, 1.165) is 25.2 Å². The molecule has 2 heterocycles. The number of amides is 1. The Labute approximate surface area is 114 Å². The molecule has 0 aromatic carbocycles. The number of anilines is 1. The molecule has 0 spiro atoms. The second kappa shape index (κ2) is 6.02. The Morgan fingerprint density at radius 2 is 2.32 bits per heavy atom. The molecule has 0 aliphatic carbocycles. The van der Waals surface area contributed by atoms with Crippen LogP contribution in [-0.2, 0) is 0 Å². The second-order valence-electron chi connectivity index (χ2n) is 5.28. The van der Waals surface area contributed by atoms with Gasteiger partial charge in [-0.3, -0.25) is 9.78 Å². The van der Waals surface area contributed by atoms with Gasteiger partial charge in [-0.15, -0.1) is 0 Å². The molecule has 5 nitrogen and oxygen atoms in total. The standard InChI is InChI=1S/C14H22N4O/c1-10-9-18(3)7-5-12(10)17-14(19)11-4-6-16-8-13(11)15-2/h4,6,8,10,12,15H,5,7,9H2,1-3H3,(H,17,19). The number of aromatic nitrogens is 1. The van der Waals surface area contributed by atoms with E-state index in [2.05, 4.69) is 34.5 Å². The van der Waals surface area contributed by atoms with Crippen LogP contribution in [0.1, 0.15) is 23.7 Å². The van der Waals surface area contributed by atoms with Gasteiger partial charge in [-0.2, -0.15) is 0 Å². The number of likely N-dealkylation sites (tertiary alicyclic amines) is 1. The zero-order valence-electron chi connectivity index (χ0n) is 11.8. The van der Waals surface area contributed by atoms with Crippen LogP contribution in [0, 0.1) is 5.92 Å². The summed E-state index contributed by atoms with van der Waals surface area (Å²) >= 11 is 0. The molecule has 2 N–H and O–H groups in total. The molecule has 104 valence electrons. The number of rotatable bonds is 3. The van der Waals surface area contributed by atoms with Crippen molar-refractivity contribution < 1.29 is 4.79 Å². The molecule has 1 aromatic rings. The van der Waals surface area contributed by atoms with Gasteiger partial charge >= 0.3 is 0 Å². The van der Waals surface area contributed by atoms with E-state index in [1.807, 2.05) is 0 Å². The summed E-state index contributed by atoms with van der Waals surface area (Å²) in [4.78, 5) is 18.7. The van der Waals surface area contributed by atoms with Crippen molar-refractivity contribution in [1.82, 2.24) is 15.2 Å². The molecule has 1 aliphatic heterocycles. The molecular formula is C14H22N4O. The van der Waals surface area contributed by atoms with E-state index in [-0.39, 0.29) is 11.9 Å². The quantitative estimate of drug-likeness (QED) is 0.859. The van der Waals surface area contributed by atoms with E-state index in [1.54, 1.807) is 25.5 Å². The van der Waals surface area contributed by atoms with E-state index in [4.69, 9.17) is 0 Å². The van der Waals surface area contributed by atoms with Gasteiger partial charge in [0.05, 0.1) is 17.4 Å². The zero-order chi connectivity index (χ0) is 13.8. The van der Waals surface area contributed by atoms with Gasteiger partial charge in [-0.1, -0.05) is 6.92 Å². The highest BCUT2D eigenvalue weighted by atomic mass is 16.1. The van der Waals surface area contributed by atoms with E-state index >= 15 is 0 Å². The lowest BCUT2D eigenvalue weighted by Crippen LogP contribution is -2.48. The van der Waals surface area contributed by atoms with E-state index < -0.39 is 0 Å². The van der Waals surface area contributed by atoms with Crippen LogP contribution in [-0.4, -0.2) is 49.0 Å². The third-order valence-electron chi connectivity index (χ3n) is 3.76. The summed E-state index contributed by atoms with van der Waals surface area (Å²) in [6.07, 6.45) is 4.32. The van der Waals surface area contributed by atoms with Crippen molar-refractivity contribution in [2.24, 2.45) is 5.92 Å². The van der Waals surface area contributed by atoms with E-state index in [1.165, 1.54) is 0 Å². The van der Waals surface area contributed by atoms with E-state index in [0.29, 0.717) is 11.5 Å². The van der Waals surface area contributed by atoms with Crippen LogP contribution in [0.4, 0.5) is 5.69 Å². The first-order valence-corrected chi connectivity index (χ1v) is 6.73. The number of pyridine rings is 1. The fraction of sp³-hybridized carbons (Fsp3) is 0.571. The third-order valence-corrected chi connectivity index (χ3v) is 3.76. The number of hydrogen-bond acceptors (Lipinski definition) is 4. The highest BCUT2D eigenvalue weighted by molar-refractivity contribution is 5.99. The first kappa shape index (κ1) is 13.8. The maximum absolute atomic E-state index is 12.3. The van der Waals surface area contributed by atoms with Gasteiger partial charge in [0.2, 0.25) is 0 Å². The van der Waals surface area contributed by atoms with Crippen molar-refractivity contribution in [2.45, 2.75) is 19.4 Å². The summed E-state index contributed by atoms with van der Waals surface area (Å²) in [6, 6.07) is 2.00. The number of carbonyl (C=O) groups excluding carboxylic acids is 1. The normalized spacial score (nSPS) is 23.9. The molecule has 5 heteroatoms. The van der Waals surface area contributed by atoms with Crippen LogP contribution < -0.4 is 10.6 Å². The highest BCUT2D eigenvalue weighted by Gasteiger charge is 2.26. The smallest absolute Gasteiger partial charge is 0.253 e. The SMILES string of the molecule is CNc1cnccc1C(=O)NC1CCN(C)CC1C. The van der Waals surface area contributed by atoms with Crippen LogP contribution in [0.2, 0.25) is 0 Å². The average Bonchev–Trinajstić information content (AvgIpc) is 2.41. The summed E-state index contributed by atoms with van der Waals surface area (Å²) in [5, 5.41) is 6.15. The first-order chi connectivity index (χ1) is 9.11. The van der Waals surface area contributed by atoms with Gasteiger partial charge in [0.25, 0.3) is 5.91 Å². The van der Waals surface area contributed by atoms with Crippen LogP contribution in [0.25, 0.3) is 0 Å². The van der Waals surface area contributed by atoms with Gasteiger partial charge in [-0.05, 0) is 32.0 Å². The average molecular weight is 262 g/mol. The summed E-state index contributed by atoms with van der Waals surface area (Å²) in [5.41, 5.74) is 1.42. The van der Waals surface area contributed by atoms with E-state index in [9.17, 15) is 4.79 Å². The zero-order valence-corrected chi connectivity index (χ0v) is 11.8. The molecule has 2 atom stereocenters. The van der Waals surface area contributed by atoms with Gasteiger partial charge in [-0.25, -0.2) is 0 Å². The molecule has 0 saturated carbocycles. The molecule has 2 unspecified atom stereocenters. The molecule has 1 aromatic heterocycles. The largest absolute Gasteiger partial charge is 0.386 e. The van der Waals surface area contributed by atoms with Crippen molar-refractivity contribution in [3.63, 3.8) is 0 Å². The molecule has 1 amide bonds. The number of piperidine rings is 1. The van der Waals surface area contributed by atoms with Crippen molar-refractivity contribution in [2.75, 3.05) is 32.5 Å². The fourth-order valence-corrected chi connectivity index (χ4v) is 2.61. The second-order valence-corrected chi connectivity index (χ2v) is 5.28. The van der Waals surface area contributed by atoms with Gasteiger partial charge < -0.3 is 15.5 Å². The fourth-order valence-electron chi connectivity index (χ4n) is 2.61. The van der Waals surface area contributed by atoms with Gasteiger partial charge in [0, 0.05) is 25.8 Å². The lowest BCUT2D eigenvalue weighted by Gasteiger charge is -2.35. The maximum atomic E-state index is 12.3. The Balaban J connectivity index is 2.04. The number of carbonyl (C=O) groups is 1. The lowest BCUT2D eigenvalue weighted by atomic mass is 9.94. The minimum atomic E-state index is -0.0202. The van der Waals surface area contributed by atoms with Crippen molar-refractivity contribution in [3.05, 3.63) is 24.0 Å². The predicted octanol–water partition coefficient (Wildman–Crippen LogP) is 1.19. The number of nitrogens with one attached hydrogen (secondary N) is 2. The summed E-state index contributed by atoms with van der Waals surface area (Å²) in [7, 11) is 3.92. The Hall–Kier alpha value is -1.62. The first-order valence-electron chi connectivity index (χ1n) is 6.73. The summed E-state index contributed by atoms with van der Waals surface area (Å²) < 4.78 is 0. The Morgan fingerprint density at radius 1 is 1.53 bits per heavy atom. The molecule has 0 radical (unpaired) electrons. The molecule has 1 fully saturated rings. The third kappa shape index (κ3) is 3.23. The van der Waals surface area contributed by atoms with Crippen molar-refractivity contribution >= 4 is 11.6 Å². The monoisotopic (exact) mass is 262 g/mol. The van der Waals surface area contributed by atoms with Crippen LogP contribution in [0.5, 0.6) is 0 Å².